The molecule has 0 amide bonds. The van der Waals surface area contributed by atoms with Crippen molar-refractivity contribution in [1.29, 1.82) is 0 Å². The Morgan fingerprint density at radius 2 is 1.69 bits per heavy atom. The van der Waals surface area contributed by atoms with Gasteiger partial charge >= 0.3 is 0 Å². The van der Waals surface area contributed by atoms with Crippen LogP contribution >= 0.6 is 0 Å². The van der Waals surface area contributed by atoms with Crippen LogP contribution in [0, 0.1) is 5.92 Å². The topological polar surface area (TPSA) is 24.1 Å². The average Bonchev–Trinajstić information content (AvgIpc) is 2.14. The summed E-state index contributed by atoms with van der Waals surface area (Å²) in [6.07, 6.45) is 3.57. The van der Waals surface area contributed by atoms with E-state index in [0.717, 1.165) is 13.1 Å². The Labute approximate surface area is 84.6 Å². The van der Waals surface area contributed by atoms with E-state index in [9.17, 15) is 0 Å². The molecule has 1 atom stereocenters. The second-order valence-electron chi connectivity index (χ2n) is 3.36. The van der Waals surface area contributed by atoms with Crippen molar-refractivity contribution in [3.8, 4) is 0 Å². The first kappa shape index (κ1) is 12.9. The van der Waals surface area contributed by atoms with Gasteiger partial charge in [-0.2, -0.15) is 0 Å². The van der Waals surface area contributed by atoms with Crippen LogP contribution < -0.4 is 9.96 Å². The number of hydrogen-bond donors (Lipinski definition) is 2. The van der Waals surface area contributed by atoms with Gasteiger partial charge in [0.2, 0.25) is 9.12 Å². The van der Waals surface area contributed by atoms with Gasteiger partial charge in [0, 0.05) is 0 Å². The summed E-state index contributed by atoms with van der Waals surface area (Å²) in [4.78, 5) is 7.01. The first-order valence-corrected chi connectivity index (χ1v) is 7.21. The molecule has 13 heavy (non-hydrogen) atoms. The minimum Gasteiger partial charge on any atom is -0.325 e. The summed E-state index contributed by atoms with van der Waals surface area (Å²) in [6.45, 7) is 10.9. The fourth-order valence-corrected chi connectivity index (χ4v) is 2.98. The molecule has 0 heterocycles. The molecule has 2 N–H and O–H groups in total. The molecule has 0 aromatic rings. The normalized spacial score (nSPS) is 14.2. The fraction of sp³-hybridized carbons (Fsp3) is 0.800. The van der Waals surface area contributed by atoms with E-state index >= 15 is 0 Å². The van der Waals surface area contributed by atoms with E-state index in [-0.39, 0.29) is 0 Å². The van der Waals surface area contributed by atoms with Crippen LogP contribution in [0.3, 0.4) is 0 Å². The maximum Gasteiger partial charge on any atom is 0.209 e. The lowest BCUT2D eigenvalue weighted by molar-refractivity contribution is 0.698. The predicted molar refractivity (Wildman–Crippen MR) is 63.1 cm³/mol. The molecular formula is C10H24N2Si. The van der Waals surface area contributed by atoms with Crippen LogP contribution in [0.4, 0.5) is 0 Å². The third-order valence-corrected chi connectivity index (χ3v) is 4.43. The Morgan fingerprint density at radius 3 is 2.08 bits per heavy atom. The van der Waals surface area contributed by atoms with E-state index in [1.807, 2.05) is 0 Å². The van der Waals surface area contributed by atoms with Crippen LogP contribution in [-0.2, 0) is 0 Å². The van der Waals surface area contributed by atoms with Gasteiger partial charge in [0.05, 0.1) is 0 Å². The van der Waals surface area contributed by atoms with Crippen molar-refractivity contribution in [3.05, 3.63) is 11.8 Å². The number of allylic oxidation sites excluding steroid dienone is 1. The molecule has 0 rings (SSSR count). The number of hydrogen-bond acceptors (Lipinski definition) is 2. The highest BCUT2D eigenvalue weighted by molar-refractivity contribution is 6.58. The average molecular weight is 200 g/mol. The fourth-order valence-electron chi connectivity index (χ4n) is 1.08. The second kappa shape index (κ2) is 8.47. The highest BCUT2D eigenvalue weighted by atomic mass is 28.3. The van der Waals surface area contributed by atoms with Crippen LogP contribution in [0.1, 0.15) is 34.1 Å². The SMILES string of the molecule is CCN[SiH](C=CC(C)CC)NCC. The Kier molecular flexibility index (Phi) is 8.39. The van der Waals surface area contributed by atoms with Gasteiger partial charge in [0.25, 0.3) is 0 Å². The maximum absolute atomic E-state index is 3.50. The molecular weight excluding hydrogens is 176 g/mol. The van der Waals surface area contributed by atoms with Gasteiger partial charge in [-0.1, -0.05) is 45.9 Å². The summed E-state index contributed by atoms with van der Waals surface area (Å²) in [7, 11) is -0.984. The smallest absolute Gasteiger partial charge is 0.209 e. The lowest BCUT2D eigenvalue weighted by Gasteiger charge is -2.12. The summed E-state index contributed by atoms with van der Waals surface area (Å²) >= 11 is 0. The van der Waals surface area contributed by atoms with Gasteiger partial charge in [0.1, 0.15) is 0 Å². The number of rotatable bonds is 7. The molecule has 0 radical (unpaired) electrons. The van der Waals surface area contributed by atoms with E-state index in [1.54, 1.807) is 0 Å². The molecule has 2 nitrogen and oxygen atoms in total. The Bertz CT molecular complexity index is 131. The molecule has 0 aliphatic rings. The molecule has 1 unspecified atom stereocenters. The first-order chi connectivity index (χ1) is 6.24. The molecule has 0 aliphatic heterocycles. The third-order valence-electron chi connectivity index (χ3n) is 2.12. The van der Waals surface area contributed by atoms with Crippen molar-refractivity contribution < 1.29 is 0 Å². The zero-order valence-electron chi connectivity index (χ0n) is 9.43. The van der Waals surface area contributed by atoms with Crippen LogP contribution in [0.2, 0.25) is 0 Å². The molecule has 0 aromatic heterocycles. The van der Waals surface area contributed by atoms with Gasteiger partial charge in [-0.25, -0.2) is 0 Å². The molecule has 0 fully saturated rings. The van der Waals surface area contributed by atoms with E-state index in [1.165, 1.54) is 6.42 Å². The highest BCUT2D eigenvalue weighted by Crippen LogP contribution is 2.01. The van der Waals surface area contributed by atoms with Crippen LogP contribution in [0.5, 0.6) is 0 Å². The minimum absolute atomic E-state index is 0.715. The van der Waals surface area contributed by atoms with Gasteiger partial charge < -0.3 is 9.96 Å². The molecule has 78 valence electrons. The monoisotopic (exact) mass is 200 g/mol. The standard InChI is InChI=1S/C10H24N2Si/c1-5-10(4)8-9-13(11-6-2)12-7-3/h8-13H,5-7H2,1-4H3. The van der Waals surface area contributed by atoms with Crippen LogP contribution in [0.15, 0.2) is 11.8 Å². The third kappa shape index (κ3) is 6.99. The zero-order valence-corrected chi connectivity index (χ0v) is 10.6. The summed E-state index contributed by atoms with van der Waals surface area (Å²) in [6, 6.07) is 0. The number of nitrogens with one attached hydrogen (secondary N) is 2. The lowest BCUT2D eigenvalue weighted by atomic mass is 10.1. The second-order valence-corrected chi connectivity index (χ2v) is 5.52. The molecule has 0 bridgehead atoms. The quantitative estimate of drug-likeness (QED) is 0.610. The van der Waals surface area contributed by atoms with Crippen molar-refractivity contribution >= 4 is 9.12 Å². The highest BCUT2D eigenvalue weighted by Gasteiger charge is 2.02. The van der Waals surface area contributed by atoms with E-state index in [0.29, 0.717) is 5.92 Å². The van der Waals surface area contributed by atoms with E-state index in [4.69, 9.17) is 0 Å². The van der Waals surface area contributed by atoms with Gasteiger partial charge in [-0.15, -0.1) is 0 Å². The largest absolute Gasteiger partial charge is 0.325 e. The molecule has 0 saturated heterocycles. The molecule has 0 spiro atoms. The van der Waals surface area contributed by atoms with Crippen LogP contribution in [-0.4, -0.2) is 22.2 Å². The molecule has 0 aliphatic carbocycles. The zero-order chi connectivity index (χ0) is 10.1. The Hall–Kier alpha value is -0.123. The molecule has 3 heteroatoms. The molecule has 0 aromatic carbocycles. The van der Waals surface area contributed by atoms with E-state index < -0.39 is 9.12 Å². The Balaban J connectivity index is 3.84. The van der Waals surface area contributed by atoms with Gasteiger partial charge in [-0.05, 0) is 19.0 Å². The van der Waals surface area contributed by atoms with E-state index in [2.05, 4.69) is 49.4 Å². The summed E-state index contributed by atoms with van der Waals surface area (Å²) in [5, 5.41) is 0. The molecule has 0 saturated carbocycles. The van der Waals surface area contributed by atoms with Crippen molar-refractivity contribution in [1.82, 2.24) is 9.96 Å². The Morgan fingerprint density at radius 1 is 1.15 bits per heavy atom. The summed E-state index contributed by atoms with van der Waals surface area (Å²) in [5.41, 5.74) is 2.36. The predicted octanol–water partition coefficient (Wildman–Crippen LogP) is 1.57. The first-order valence-electron chi connectivity index (χ1n) is 5.39. The van der Waals surface area contributed by atoms with Gasteiger partial charge in [-0.3, -0.25) is 0 Å². The van der Waals surface area contributed by atoms with Crippen molar-refractivity contribution in [3.63, 3.8) is 0 Å². The van der Waals surface area contributed by atoms with Crippen molar-refractivity contribution in [2.75, 3.05) is 13.1 Å². The van der Waals surface area contributed by atoms with Crippen molar-refractivity contribution in [2.24, 2.45) is 5.92 Å². The van der Waals surface area contributed by atoms with Crippen molar-refractivity contribution in [2.45, 2.75) is 34.1 Å². The van der Waals surface area contributed by atoms with Crippen LogP contribution in [0.25, 0.3) is 0 Å². The summed E-state index contributed by atoms with van der Waals surface area (Å²) < 4.78 is 0. The minimum atomic E-state index is -0.984. The van der Waals surface area contributed by atoms with Gasteiger partial charge in [0.15, 0.2) is 0 Å². The summed E-state index contributed by atoms with van der Waals surface area (Å²) in [5.74, 6) is 0.715. The lowest BCUT2D eigenvalue weighted by Crippen LogP contribution is -2.45. The maximum atomic E-state index is 3.50.